The standard InChI is InChI=1S/C18H29NO2.ClH/c1-13(2)7-5-6-8-17(19)15-9-11-16(12-10-15)18(20)21-14(3)4;/h9-14,17H,5-8,19H2,1-4H3;1H/t17-;/m1./s1. The van der Waals surface area contributed by atoms with Gasteiger partial charge in [0.15, 0.2) is 0 Å². The number of carbonyl (C=O) groups excluding carboxylic acids is 1. The van der Waals surface area contributed by atoms with E-state index in [2.05, 4.69) is 13.8 Å². The van der Waals surface area contributed by atoms with Gasteiger partial charge in [0.2, 0.25) is 0 Å². The molecule has 0 heterocycles. The minimum Gasteiger partial charge on any atom is -0.459 e. The molecule has 0 saturated carbocycles. The highest BCUT2D eigenvalue weighted by molar-refractivity contribution is 5.89. The molecule has 1 aromatic rings. The van der Waals surface area contributed by atoms with Crippen LogP contribution in [0.1, 0.15) is 75.3 Å². The maximum atomic E-state index is 11.8. The summed E-state index contributed by atoms with van der Waals surface area (Å²) in [5.41, 5.74) is 7.87. The van der Waals surface area contributed by atoms with Gasteiger partial charge in [-0.3, -0.25) is 0 Å². The van der Waals surface area contributed by atoms with Gasteiger partial charge < -0.3 is 10.5 Å². The molecule has 0 aliphatic carbocycles. The highest BCUT2D eigenvalue weighted by Gasteiger charge is 2.11. The Hall–Kier alpha value is -1.06. The van der Waals surface area contributed by atoms with Gasteiger partial charge in [0.1, 0.15) is 0 Å². The molecule has 1 aromatic carbocycles. The van der Waals surface area contributed by atoms with Crippen molar-refractivity contribution in [3.8, 4) is 0 Å². The summed E-state index contributed by atoms with van der Waals surface area (Å²) < 4.78 is 5.17. The van der Waals surface area contributed by atoms with Crippen LogP contribution >= 0.6 is 12.4 Å². The van der Waals surface area contributed by atoms with E-state index in [4.69, 9.17) is 10.5 Å². The van der Waals surface area contributed by atoms with Crippen LogP contribution in [0, 0.1) is 5.92 Å². The van der Waals surface area contributed by atoms with Gasteiger partial charge in [-0.05, 0) is 43.9 Å². The minimum absolute atomic E-state index is 0. The molecule has 0 aliphatic heterocycles. The Morgan fingerprint density at radius 2 is 1.59 bits per heavy atom. The SMILES string of the molecule is CC(C)CCCC[C@@H](N)c1ccc(C(=O)OC(C)C)cc1.Cl. The number of esters is 1. The molecule has 0 aromatic heterocycles. The Labute approximate surface area is 141 Å². The number of unbranched alkanes of at least 4 members (excludes halogenated alkanes) is 1. The molecule has 1 atom stereocenters. The van der Waals surface area contributed by atoms with E-state index >= 15 is 0 Å². The summed E-state index contributed by atoms with van der Waals surface area (Å²) in [6.45, 7) is 8.18. The molecule has 0 spiro atoms. The number of hydrogen-bond donors (Lipinski definition) is 1. The Kier molecular flexibility index (Phi) is 10.1. The van der Waals surface area contributed by atoms with Crippen molar-refractivity contribution in [2.24, 2.45) is 11.7 Å². The topological polar surface area (TPSA) is 52.3 Å². The first-order chi connectivity index (χ1) is 9.90. The van der Waals surface area contributed by atoms with Gasteiger partial charge in [-0.2, -0.15) is 0 Å². The smallest absolute Gasteiger partial charge is 0.338 e. The van der Waals surface area contributed by atoms with Crippen molar-refractivity contribution in [2.45, 2.75) is 65.5 Å². The fraction of sp³-hybridized carbons (Fsp3) is 0.611. The number of rotatable bonds is 8. The Bertz CT molecular complexity index is 429. The molecule has 126 valence electrons. The fourth-order valence-corrected chi connectivity index (χ4v) is 2.23. The second-order valence-electron chi connectivity index (χ2n) is 6.36. The summed E-state index contributed by atoms with van der Waals surface area (Å²) >= 11 is 0. The fourth-order valence-electron chi connectivity index (χ4n) is 2.23. The molecule has 4 heteroatoms. The Balaban J connectivity index is 0.00000441. The predicted octanol–water partition coefficient (Wildman–Crippen LogP) is 4.89. The lowest BCUT2D eigenvalue weighted by Gasteiger charge is -2.13. The molecule has 3 nitrogen and oxygen atoms in total. The zero-order valence-corrected chi connectivity index (χ0v) is 15.0. The van der Waals surface area contributed by atoms with Crippen LogP contribution in [0.15, 0.2) is 24.3 Å². The number of carbonyl (C=O) groups is 1. The van der Waals surface area contributed by atoms with Crippen molar-refractivity contribution >= 4 is 18.4 Å². The third kappa shape index (κ3) is 7.81. The first-order valence-electron chi connectivity index (χ1n) is 7.96. The van der Waals surface area contributed by atoms with E-state index < -0.39 is 0 Å². The average molecular weight is 328 g/mol. The lowest BCUT2D eigenvalue weighted by molar-refractivity contribution is 0.0378. The second-order valence-corrected chi connectivity index (χ2v) is 6.36. The first kappa shape index (κ1) is 20.9. The molecule has 0 radical (unpaired) electrons. The van der Waals surface area contributed by atoms with Crippen LogP contribution in [0.25, 0.3) is 0 Å². The maximum Gasteiger partial charge on any atom is 0.338 e. The second kappa shape index (κ2) is 10.6. The Morgan fingerprint density at radius 3 is 2.09 bits per heavy atom. The zero-order valence-electron chi connectivity index (χ0n) is 14.2. The molecular formula is C18H30ClNO2. The van der Waals surface area contributed by atoms with Gasteiger partial charge in [-0.25, -0.2) is 4.79 Å². The van der Waals surface area contributed by atoms with Gasteiger partial charge in [-0.1, -0.05) is 45.2 Å². The van der Waals surface area contributed by atoms with E-state index in [0.29, 0.717) is 5.56 Å². The van der Waals surface area contributed by atoms with Crippen molar-refractivity contribution in [2.75, 3.05) is 0 Å². The Morgan fingerprint density at radius 1 is 1.05 bits per heavy atom. The first-order valence-corrected chi connectivity index (χ1v) is 7.96. The summed E-state index contributed by atoms with van der Waals surface area (Å²) in [5.74, 6) is 0.481. The van der Waals surface area contributed by atoms with Gasteiger partial charge in [0, 0.05) is 6.04 Å². The molecule has 22 heavy (non-hydrogen) atoms. The van der Waals surface area contributed by atoms with Crippen molar-refractivity contribution in [3.05, 3.63) is 35.4 Å². The normalized spacial score (nSPS) is 12.1. The van der Waals surface area contributed by atoms with Crippen molar-refractivity contribution < 1.29 is 9.53 Å². The molecule has 1 rings (SSSR count). The molecule has 0 bridgehead atoms. The summed E-state index contributed by atoms with van der Waals surface area (Å²) in [4.78, 5) is 11.8. The molecule has 0 amide bonds. The summed E-state index contributed by atoms with van der Waals surface area (Å²) in [6, 6.07) is 7.52. The molecule has 2 N–H and O–H groups in total. The number of ether oxygens (including phenoxy) is 1. The van der Waals surface area contributed by atoms with Crippen LogP contribution < -0.4 is 5.73 Å². The molecule has 0 unspecified atom stereocenters. The number of nitrogens with two attached hydrogens (primary N) is 1. The quantitative estimate of drug-likeness (QED) is 0.546. The summed E-state index contributed by atoms with van der Waals surface area (Å²) in [6.07, 6.45) is 4.52. The van der Waals surface area contributed by atoms with E-state index in [-0.39, 0.29) is 30.5 Å². The van der Waals surface area contributed by atoms with Gasteiger partial charge >= 0.3 is 5.97 Å². The summed E-state index contributed by atoms with van der Waals surface area (Å²) in [5, 5.41) is 0. The van der Waals surface area contributed by atoms with Crippen LogP contribution in [-0.4, -0.2) is 12.1 Å². The van der Waals surface area contributed by atoms with Crippen molar-refractivity contribution in [1.82, 2.24) is 0 Å². The number of hydrogen-bond acceptors (Lipinski definition) is 3. The predicted molar refractivity (Wildman–Crippen MR) is 94.5 cm³/mol. The van der Waals surface area contributed by atoms with Gasteiger partial charge in [-0.15, -0.1) is 12.4 Å². The maximum absolute atomic E-state index is 11.8. The highest BCUT2D eigenvalue weighted by Crippen LogP contribution is 2.19. The van der Waals surface area contributed by atoms with E-state index in [1.165, 1.54) is 12.8 Å². The largest absolute Gasteiger partial charge is 0.459 e. The van der Waals surface area contributed by atoms with E-state index in [9.17, 15) is 4.79 Å². The van der Waals surface area contributed by atoms with Crippen molar-refractivity contribution in [1.29, 1.82) is 0 Å². The van der Waals surface area contributed by atoms with Crippen LogP contribution in [0.2, 0.25) is 0 Å². The third-order valence-corrected chi connectivity index (χ3v) is 3.46. The lowest BCUT2D eigenvalue weighted by atomic mass is 9.98. The third-order valence-electron chi connectivity index (χ3n) is 3.46. The monoisotopic (exact) mass is 327 g/mol. The summed E-state index contributed by atoms with van der Waals surface area (Å²) in [7, 11) is 0. The average Bonchev–Trinajstić information content (AvgIpc) is 2.42. The minimum atomic E-state index is -0.276. The van der Waals surface area contributed by atoms with E-state index in [1.54, 1.807) is 12.1 Å². The lowest BCUT2D eigenvalue weighted by Crippen LogP contribution is -2.13. The van der Waals surface area contributed by atoms with E-state index in [1.807, 2.05) is 26.0 Å². The van der Waals surface area contributed by atoms with Crippen molar-refractivity contribution in [3.63, 3.8) is 0 Å². The molecule has 0 fully saturated rings. The van der Waals surface area contributed by atoms with Crippen LogP contribution in [0.3, 0.4) is 0 Å². The van der Waals surface area contributed by atoms with E-state index in [0.717, 1.165) is 24.3 Å². The molecule has 0 saturated heterocycles. The van der Waals surface area contributed by atoms with Crippen LogP contribution in [0.4, 0.5) is 0 Å². The molecular weight excluding hydrogens is 298 g/mol. The van der Waals surface area contributed by atoms with Crippen LogP contribution in [-0.2, 0) is 4.74 Å². The number of benzene rings is 1. The van der Waals surface area contributed by atoms with Gasteiger partial charge in [0.25, 0.3) is 0 Å². The van der Waals surface area contributed by atoms with Crippen LogP contribution in [0.5, 0.6) is 0 Å². The van der Waals surface area contributed by atoms with Gasteiger partial charge in [0.05, 0.1) is 11.7 Å². The highest BCUT2D eigenvalue weighted by atomic mass is 35.5. The zero-order chi connectivity index (χ0) is 15.8. The molecule has 0 aliphatic rings. The number of halogens is 1.